The van der Waals surface area contributed by atoms with Gasteiger partial charge in [0.25, 0.3) is 5.56 Å². The molecule has 0 saturated carbocycles. The van der Waals surface area contributed by atoms with Crippen molar-refractivity contribution in [2.75, 3.05) is 13.2 Å². The van der Waals surface area contributed by atoms with E-state index in [9.17, 15) is 9.90 Å². The van der Waals surface area contributed by atoms with Crippen molar-refractivity contribution in [3.8, 4) is 28.8 Å². The predicted octanol–water partition coefficient (Wildman–Crippen LogP) is 1.61. The van der Waals surface area contributed by atoms with Crippen molar-refractivity contribution in [2.45, 2.75) is 13.3 Å². The average Bonchev–Trinajstić information content (AvgIpc) is 2.68. The molecule has 1 aromatic carbocycles. The molecule has 0 amide bonds. The summed E-state index contributed by atoms with van der Waals surface area (Å²) in [5, 5.41) is 9.64. The van der Waals surface area contributed by atoms with E-state index in [-0.39, 0.29) is 17.0 Å². The summed E-state index contributed by atoms with van der Waals surface area (Å²) in [5.74, 6) is 1.32. The Morgan fingerprint density at radius 1 is 1.25 bits per heavy atom. The molecule has 0 fully saturated rings. The van der Waals surface area contributed by atoms with E-state index in [0.717, 1.165) is 6.42 Å². The van der Waals surface area contributed by atoms with Gasteiger partial charge in [-0.05, 0) is 25.1 Å². The van der Waals surface area contributed by atoms with Crippen molar-refractivity contribution in [2.24, 2.45) is 0 Å². The molecule has 20 heavy (non-hydrogen) atoms. The van der Waals surface area contributed by atoms with Crippen molar-refractivity contribution in [3.05, 3.63) is 34.1 Å². The maximum Gasteiger partial charge on any atom is 0.257 e. The van der Waals surface area contributed by atoms with E-state index in [1.807, 2.05) is 0 Å². The Kier molecular flexibility index (Phi) is 3.06. The highest BCUT2D eigenvalue weighted by Crippen LogP contribution is 2.33. The molecule has 0 unspecified atom stereocenters. The molecule has 104 valence electrons. The lowest BCUT2D eigenvalue weighted by atomic mass is 10.2. The first-order valence-corrected chi connectivity index (χ1v) is 6.35. The third-order valence-electron chi connectivity index (χ3n) is 3.15. The number of fused-ring (bicyclic) bond motifs is 1. The normalized spacial score (nSPS) is 13.8. The van der Waals surface area contributed by atoms with Crippen LogP contribution < -0.4 is 15.0 Å². The minimum atomic E-state index is -0.361. The summed E-state index contributed by atoms with van der Waals surface area (Å²) < 4.78 is 11.1. The van der Waals surface area contributed by atoms with Crippen LogP contribution in [-0.2, 0) is 0 Å². The molecule has 0 radical (unpaired) electrons. The number of aromatic nitrogens is 2. The van der Waals surface area contributed by atoms with Crippen LogP contribution >= 0.6 is 0 Å². The van der Waals surface area contributed by atoms with Gasteiger partial charge in [-0.1, -0.05) is 0 Å². The van der Waals surface area contributed by atoms with Gasteiger partial charge in [0.15, 0.2) is 11.5 Å². The van der Waals surface area contributed by atoms with E-state index in [4.69, 9.17) is 9.47 Å². The lowest BCUT2D eigenvalue weighted by molar-refractivity contribution is 0.297. The van der Waals surface area contributed by atoms with Gasteiger partial charge in [-0.25, -0.2) is 0 Å². The van der Waals surface area contributed by atoms with Crippen LogP contribution in [0.1, 0.15) is 12.0 Å². The van der Waals surface area contributed by atoms with Crippen molar-refractivity contribution in [1.82, 2.24) is 9.97 Å². The van der Waals surface area contributed by atoms with Gasteiger partial charge in [0.1, 0.15) is 5.82 Å². The number of aromatic hydroxyl groups is 1. The third kappa shape index (κ3) is 2.20. The van der Waals surface area contributed by atoms with Gasteiger partial charge in [-0.15, -0.1) is 0 Å². The summed E-state index contributed by atoms with van der Waals surface area (Å²) in [6, 6.07) is 5.28. The molecular formula is C14H14N2O4. The van der Waals surface area contributed by atoms with Crippen LogP contribution in [0.2, 0.25) is 0 Å². The quantitative estimate of drug-likeness (QED) is 0.825. The Balaban J connectivity index is 2.07. The van der Waals surface area contributed by atoms with Crippen LogP contribution in [0.4, 0.5) is 0 Å². The summed E-state index contributed by atoms with van der Waals surface area (Å²) in [6.07, 6.45) is 0.824. The zero-order chi connectivity index (χ0) is 14.1. The minimum Gasteiger partial charge on any atom is -0.493 e. The Labute approximate surface area is 115 Å². The van der Waals surface area contributed by atoms with E-state index in [2.05, 4.69) is 9.97 Å². The van der Waals surface area contributed by atoms with Crippen LogP contribution in [-0.4, -0.2) is 28.3 Å². The van der Waals surface area contributed by atoms with E-state index in [1.165, 1.54) is 6.92 Å². The van der Waals surface area contributed by atoms with Gasteiger partial charge in [-0.2, -0.15) is 4.98 Å². The molecule has 6 heteroatoms. The fourth-order valence-corrected chi connectivity index (χ4v) is 1.97. The number of nitrogens with one attached hydrogen (secondary N) is 1. The molecule has 0 spiro atoms. The molecule has 0 atom stereocenters. The molecule has 3 rings (SSSR count). The van der Waals surface area contributed by atoms with Gasteiger partial charge in [0, 0.05) is 12.0 Å². The lowest BCUT2D eigenvalue weighted by Gasteiger charge is -2.09. The van der Waals surface area contributed by atoms with Gasteiger partial charge in [0.2, 0.25) is 5.88 Å². The number of hydrogen-bond acceptors (Lipinski definition) is 5. The van der Waals surface area contributed by atoms with E-state index in [0.29, 0.717) is 36.1 Å². The van der Waals surface area contributed by atoms with Crippen LogP contribution in [0.5, 0.6) is 17.4 Å². The highest BCUT2D eigenvalue weighted by Gasteiger charge is 2.13. The Morgan fingerprint density at radius 2 is 2.00 bits per heavy atom. The highest BCUT2D eigenvalue weighted by atomic mass is 16.5. The monoisotopic (exact) mass is 274 g/mol. The molecule has 2 aromatic rings. The minimum absolute atomic E-state index is 0.197. The zero-order valence-corrected chi connectivity index (χ0v) is 11.0. The Morgan fingerprint density at radius 3 is 2.75 bits per heavy atom. The average molecular weight is 274 g/mol. The summed E-state index contributed by atoms with van der Waals surface area (Å²) in [6.45, 7) is 2.71. The second-order valence-corrected chi connectivity index (χ2v) is 4.58. The Bertz CT molecular complexity index is 709. The van der Waals surface area contributed by atoms with Gasteiger partial charge in [0.05, 0.1) is 18.8 Å². The molecule has 6 nitrogen and oxygen atoms in total. The van der Waals surface area contributed by atoms with Gasteiger partial charge < -0.3 is 19.6 Å². The first kappa shape index (κ1) is 12.5. The largest absolute Gasteiger partial charge is 0.493 e. The predicted molar refractivity (Wildman–Crippen MR) is 72.3 cm³/mol. The highest BCUT2D eigenvalue weighted by molar-refractivity contribution is 5.61. The lowest BCUT2D eigenvalue weighted by Crippen LogP contribution is -2.12. The Hall–Kier alpha value is -2.50. The molecule has 1 aromatic heterocycles. The fraction of sp³-hybridized carbons (Fsp3) is 0.286. The van der Waals surface area contributed by atoms with Gasteiger partial charge in [-0.3, -0.25) is 4.79 Å². The fourth-order valence-electron chi connectivity index (χ4n) is 1.97. The van der Waals surface area contributed by atoms with Crippen molar-refractivity contribution >= 4 is 0 Å². The maximum absolute atomic E-state index is 11.7. The molecule has 1 aliphatic heterocycles. The van der Waals surface area contributed by atoms with Crippen LogP contribution in [0, 0.1) is 6.92 Å². The van der Waals surface area contributed by atoms with Crippen LogP contribution in [0.3, 0.4) is 0 Å². The second kappa shape index (κ2) is 4.88. The van der Waals surface area contributed by atoms with E-state index >= 15 is 0 Å². The molecule has 2 heterocycles. The summed E-state index contributed by atoms with van der Waals surface area (Å²) >= 11 is 0. The van der Waals surface area contributed by atoms with E-state index in [1.54, 1.807) is 18.2 Å². The standard InChI is InChI=1S/C14H14N2O4/c1-8-13(17)15-12(16-14(8)18)9-3-4-10-11(7-9)20-6-2-5-19-10/h3-4,7H,2,5-6H2,1H3,(H2,15,16,17,18). The smallest absolute Gasteiger partial charge is 0.257 e. The second-order valence-electron chi connectivity index (χ2n) is 4.58. The zero-order valence-electron chi connectivity index (χ0n) is 11.0. The van der Waals surface area contributed by atoms with Crippen molar-refractivity contribution in [3.63, 3.8) is 0 Å². The first-order valence-electron chi connectivity index (χ1n) is 6.35. The molecule has 0 aliphatic carbocycles. The maximum atomic E-state index is 11.7. The van der Waals surface area contributed by atoms with Crippen molar-refractivity contribution in [1.29, 1.82) is 0 Å². The van der Waals surface area contributed by atoms with Crippen molar-refractivity contribution < 1.29 is 14.6 Å². The summed E-state index contributed by atoms with van der Waals surface area (Å²) in [4.78, 5) is 18.3. The SMILES string of the molecule is Cc1c(O)nc(-c2ccc3c(c2)OCCCO3)[nH]c1=O. The van der Waals surface area contributed by atoms with Gasteiger partial charge >= 0.3 is 0 Å². The van der Waals surface area contributed by atoms with Crippen LogP contribution in [0.15, 0.2) is 23.0 Å². The molecule has 0 bridgehead atoms. The molecule has 2 N–H and O–H groups in total. The number of rotatable bonds is 1. The number of nitrogens with zero attached hydrogens (tertiary/aromatic N) is 1. The third-order valence-corrected chi connectivity index (χ3v) is 3.15. The topological polar surface area (TPSA) is 84.4 Å². The molecular weight excluding hydrogens is 260 g/mol. The number of ether oxygens (including phenoxy) is 2. The van der Waals surface area contributed by atoms with E-state index < -0.39 is 0 Å². The first-order chi connectivity index (χ1) is 9.65. The molecule has 1 aliphatic rings. The summed E-state index contributed by atoms with van der Waals surface area (Å²) in [7, 11) is 0. The number of H-pyrrole nitrogens is 1. The van der Waals surface area contributed by atoms with Crippen LogP contribution in [0.25, 0.3) is 11.4 Å². The molecule has 0 saturated heterocycles. The number of benzene rings is 1. The number of aromatic amines is 1. The summed E-state index contributed by atoms with van der Waals surface area (Å²) in [5.41, 5.74) is 0.490. The number of hydrogen-bond donors (Lipinski definition) is 2.